The number of carbonyl (C=O) groups excluding carboxylic acids is 2. The minimum absolute atomic E-state index is 0.0455. The second-order valence-electron chi connectivity index (χ2n) is 4.81. The molecule has 0 atom stereocenters. The van der Waals surface area contributed by atoms with E-state index < -0.39 is 0 Å². The van der Waals surface area contributed by atoms with E-state index in [9.17, 15) is 9.59 Å². The number of amides is 2. The third-order valence-electron chi connectivity index (χ3n) is 3.79. The Labute approximate surface area is 96.4 Å². The van der Waals surface area contributed by atoms with Gasteiger partial charge in [0, 0.05) is 24.9 Å². The molecule has 1 heterocycles. The molecule has 4 heteroatoms. The Morgan fingerprint density at radius 2 is 1.62 bits per heavy atom. The predicted octanol–water partition coefficient (Wildman–Crippen LogP) is 1.06. The fourth-order valence-electron chi connectivity index (χ4n) is 2.80. The third-order valence-corrected chi connectivity index (χ3v) is 3.79. The normalized spacial score (nSPS) is 31.9. The average Bonchev–Trinajstić information content (AvgIpc) is 2.30. The van der Waals surface area contributed by atoms with Crippen LogP contribution in [0.4, 0.5) is 0 Å². The molecule has 0 aromatic rings. The molecule has 0 aromatic carbocycles. The van der Waals surface area contributed by atoms with Crippen LogP contribution < -0.4 is 5.32 Å². The Balaban J connectivity index is 1.96. The number of nitrogens with one attached hydrogen (secondary N) is 1. The zero-order chi connectivity index (χ0) is 11.5. The maximum atomic E-state index is 11.7. The number of hydrogen-bond donors (Lipinski definition) is 1. The maximum absolute atomic E-state index is 11.7. The molecule has 1 aliphatic heterocycles. The lowest BCUT2D eigenvalue weighted by Gasteiger charge is -2.37. The molecule has 16 heavy (non-hydrogen) atoms. The molecule has 4 nitrogen and oxygen atoms in total. The van der Waals surface area contributed by atoms with E-state index in [0.717, 1.165) is 32.1 Å². The third kappa shape index (κ3) is 2.26. The first-order chi connectivity index (χ1) is 7.72. The van der Waals surface area contributed by atoms with Crippen LogP contribution in [0.1, 0.15) is 44.9 Å². The van der Waals surface area contributed by atoms with Crippen molar-refractivity contribution in [1.82, 2.24) is 10.2 Å². The minimum atomic E-state index is 0.0455. The van der Waals surface area contributed by atoms with Gasteiger partial charge in [-0.2, -0.15) is 0 Å². The first kappa shape index (κ1) is 11.6. The van der Waals surface area contributed by atoms with Crippen LogP contribution in [0.5, 0.6) is 0 Å². The van der Waals surface area contributed by atoms with Gasteiger partial charge in [-0.25, -0.2) is 0 Å². The van der Waals surface area contributed by atoms with E-state index in [2.05, 4.69) is 5.32 Å². The van der Waals surface area contributed by atoms with Crippen LogP contribution in [-0.4, -0.2) is 35.8 Å². The Hall–Kier alpha value is -0.900. The summed E-state index contributed by atoms with van der Waals surface area (Å²) < 4.78 is 0. The van der Waals surface area contributed by atoms with E-state index in [1.165, 1.54) is 0 Å². The van der Waals surface area contributed by atoms with E-state index in [1.807, 2.05) is 7.05 Å². The number of rotatable bonds is 2. The van der Waals surface area contributed by atoms with Crippen molar-refractivity contribution in [2.45, 2.75) is 57.0 Å². The number of nitrogens with zero attached hydrogens (tertiary/aromatic N) is 1. The van der Waals surface area contributed by atoms with Crippen LogP contribution >= 0.6 is 0 Å². The van der Waals surface area contributed by atoms with Crippen molar-refractivity contribution in [3.8, 4) is 0 Å². The zero-order valence-corrected chi connectivity index (χ0v) is 9.87. The van der Waals surface area contributed by atoms with E-state index in [4.69, 9.17) is 0 Å². The summed E-state index contributed by atoms with van der Waals surface area (Å²) in [5.74, 6) is 0.0910. The highest BCUT2D eigenvalue weighted by Gasteiger charge is 2.34. The predicted molar refractivity (Wildman–Crippen MR) is 60.8 cm³/mol. The SMILES string of the molecule is CNC1CCC(N2C(=O)CCCC2=O)CC1. The summed E-state index contributed by atoms with van der Waals surface area (Å²) in [5.41, 5.74) is 0. The highest BCUT2D eigenvalue weighted by Crippen LogP contribution is 2.26. The van der Waals surface area contributed by atoms with Gasteiger partial charge in [0.1, 0.15) is 0 Å². The molecule has 1 aliphatic carbocycles. The van der Waals surface area contributed by atoms with Gasteiger partial charge in [0.2, 0.25) is 11.8 Å². The largest absolute Gasteiger partial charge is 0.317 e. The molecule has 0 radical (unpaired) electrons. The molecule has 90 valence electrons. The lowest BCUT2D eigenvalue weighted by atomic mass is 9.89. The first-order valence-electron chi connectivity index (χ1n) is 6.24. The first-order valence-corrected chi connectivity index (χ1v) is 6.24. The quantitative estimate of drug-likeness (QED) is 0.713. The van der Waals surface area contributed by atoms with Gasteiger partial charge < -0.3 is 5.32 Å². The Bertz CT molecular complexity index is 267. The van der Waals surface area contributed by atoms with E-state index in [1.54, 1.807) is 4.90 Å². The summed E-state index contributed by atoms with van der Waals surface area (Å²) >= 11 is 0. The molecule has 2 amide bonds. The number of hydrogen-bond acceptors (Lipinski definition) is 3. The summed E-state index contributed by atoms with van der Waals surface area (Å²) in [7, 11) is 1.97. The molecule has 0 bridgehead atoms. The lowest BCUT2D eigenvalue weighted by Crippen LogP contribution is -2.49. The standard InChI is InChI=1S/C12H20N2O2/c1-13-9-5-7-10(8-6-9)14-11(15)3-2-4-12(14)16/h9-10,13H,2-8H2,1H3. The second-order valence-corrected chi connectivity index (χ2v) is 4.81. The highest BCUT2D eigenvalue weighted by atomic mass is 16.2. The Morgan fingerprint density at radius 3 is 2.12 bits per heavy atom. The molecule has 0 aromatic heterocycles. The number of piperidine rings is 1. The smallest absolute Gasteiger partial charge is 0.229 e. The molecule has 1 saturated heterocycles. The summed E-state index contributed by atoms with van der Waals surface area (Å²) in [6.45, 7) is 0. The summed E-state index contributed by atoms with van der Waals surface area (Å²) in [5, 5.41) is 3.26. The average molecular weight is 224 g/mol. The topological polar surface area (TPSA) is 49.4 Å². The van der Waals surface area contributed by atoms with Gasteiger partial charge >= 0.3 is 0 Å². The van der Waals surface area contributed by atoms with Crippen molar-refractivity contribution in [2.24, 2.45) is 0 Å². The molecular weight excluding hydrogens is 204 g/mol. The molecule has 1 saturated carbocycles. The second kappa shape index (κ2) is 4.95. The zero-order valence-electron chi connectivity index (χ0n) is 9.87. The van der Waals surface area contributed by atoms with Crippen molar-refractivity contribution in [3.63, 3.8) is 0 Å². The summed E-state index contributed by atoms with van der Waals surface area (Å²) in [4.78, 5) is 25.0. The Morgan fingerprint density at radius 1 is 1.06 bits per heavy atom. The van der Waals surface area contributed by atoms with Gasteiger partial charge in [0.25, 0.3) is 0 Å². The molecule has 2 aliphatic rings. The van der Waals surface area contributed by atoms with Gasteiger partial charge in [-0.3, -0.25) is 14.5 Å². The van der Waals surface area contributed by atoms with E-state index >= 15 is 0 Å². The van der Waals surface area contributed by atoms with Crippen molar-refractivity contribution >= 4 is 11.8 Å². The number of likely N-dealkylation sites (tertiary alicyclic amines) is 1. The maximum Gasteiger partial charge on any atom is 0.229 e. The molecule has 2 rings (SSSR count). The van der Waals surface area contributed by atoms with Gasteiger partial charge in [0.05, 0.1) is 0 Å². The van der Waals surface area contributed by atoms with Crippen molar-refractivity contribution in [2.75, 3.05) is 7.05 Å². The van der Waals surface area contributed by atoms with Gasteiger partial charge in [-0.15, -0.1) is 0 Å². The molecular formula is C12H20N2O2. The van der Waals surface area contributed by atoms with Crippen LogP contribution in [-0.2, 0) is 9.59 Å². The van der Waals surface area contributed by atoms with Gasteiger partial charge in [-0.05, 0) is 39.2 Å². The minimum Gasteiger partial charge on any atom is -0.317 e. The number of imide groups is 1. The fourth-order valence-corrected chi connectivity index (χ4v) is 2.80. The Kier molecular flexibility index (Phi) is 3.59. The number of carbonyl (C=O) groups is 2. The lowest BCUT2D eigenvalue weighted by molar-refractivity contribution is -0.151. The summed E-state index contributed by atoms with van der Waals surface area (Å²) in [6, 6.07) is 0.733. The van der Waals surface area contributed by atoms with E-state index in [-0.39, 0.29) is 17.9 Å². The van der Waals surface area contributed by atoms with Crippen LogP contribution in [0.2, 0.25) is 0 Å². The van der Waals surface area contributed by atoms with Crippen molar-refractivity contribution in [1.29, 1.82) is 0 Å². The van der Waals surface area contributed by atoms with Crippen LogP contribution in [0, 0.1) is 0 Å². The van der Waals surface area contributed by atoms with Crippen molar-refractivity contribution < 1.29 is 9.59 Å². The monoisotopic (exact) mass is 224 g/mol. The fraction of sp³-hybridized carbons (Fsp3) is 0.833. The van der Waals surface area contributed by atoms with Gasteiger partial charge in [-0.1, -0.05) is 0 Å². The van der Waals surface area contributed by atoms with Crippen LogP contribution in [0.3, 0.4) is 0 Å². The summed E-state index contributed by atoms with van der Waals surface area (Å²) in [6.07, 6.45) is 5.90. The molecule has 0 spiro atoms. The van der Waals surface area contributed by atoms with Crippen LogP contribution in [0.15, 0.2) is 0 Å². The van der Waals surface area contributed by atoms with Crippen LogP contribution in [0.25, 0.3) is 0 Å². The molecule has 2 fully saturated rings. The van der Waals surface area contributed by atoms with E-state index in [0.29, 0.717) is 18.9 Å². The van der Waals surface area contributed by atoms with Crippen molar-refractivity contribution in [3.05, 3.63) is 0 Å². The molecule has 1 N–H and O–H groups in total. The highest BCUT2D eigenvalue weighted by molar-refractivity contribution is 5.97. The van der Waals surface area contributed by atoms with Gasteiger partial charge in [0.15, 0.2) is 0 Å². The molecule has 0 unspecified atom stereocenters.